The predicted molar refractivity (Wildman–Crippen MR) is 96.8 cm³/mol. The molecule has 5 nitrogen and oxygen atoms in total. The number of hydrogen-bond acceptors (Lipinski definition) is 4. The van der Waals surface area contributed by atoms with Crippen LogP contribution >= 0.6 is 11.3 Å². The molecule has 0 saturated carbocycles. The molecule has 0 aliphatic rings. The molecular formula is C18H23N3O2S. The van der Waals surface area contributed by atoms with Crippen molar-refractivity contribution in [2.75, 3.05) is 13.1 Å². The number of carbonyl (C=O) groups excluding carboxylic acids is 2. The number of benzene rings is 1. The normalized spacial score (nSPS) is 10.7. The molecule has 0 aliphatic carbocycles. The number of likely N-dealkylation sites (N-methyl/N-ethyl adjacent to an activating group) is 1. The Bertz CT molecular complexity index is 683. The van der Waals surface area contributed by atoms with Gasteiger partial charge in [0.25, 0.3) is 0 Å². The highest BCUT2D eigenvalue weighted by molar-refractivity contribution is 7.13. The molecule has 2 rings (SSSR count). The van der Waals surface area contributed by atoms with E-state index < -0.39 is 0 Å². The van der Waals surface area contributed by atoms with Crippen LogP contribution in [0.4, 0.5) is 0 Å². The average Bonchev–Trinajstić information content (AvgIpc) is 3.01. The van der Waals surface area contributed by atoms with Gasteiger partial charge in [-0.05, 0) is 20.8 Å². The second-order valence-corrected chi connectivity index (χ2v) is 6.68. The summed E-state index contributed by atoms with van der Waals surface area (Å²) in [4.78, 5) is 30.4. The van der Waals surface area contributed by atoms with Gasteiger partial charge in [-0.25, -0.2) is 4.98 Å². The molecule has 0 radical (unpaired) electrons. The fourth-order valence-electron chi connectivity index (χ4n) is 2.29. The van der Waals surface area contributed by atoms with E-state index in [-0.39, 0.29) is 30.8 Å². The van der Waals surface area contributed by atoms with Crippen molar-refractivity contribution in [3.63, 3.8) is 0 Å². The first-order valence-electron chi connectivity index (χ1n) is 8.06. The quantitative estimate of drug-likeness (QED) is 0.839. The Morgan fingerprint density at radius 1 is 1.25 bits per heavy atom. The zero-order chi connectivity index (χ0) is 17.5. The summed E-state index contributed by atoms with van der Waals surface area (Å²) >= 11 is 1.53. The highest BCUT2D eigenvalue weighted by atomic mass is 32.1. The lowest BCUT2D eigenvalue weighted by atomic mass is 10.2. The summed E-state index contributed by atoms with van der Waals surface area (Å²) in [6.45, 7) is 6.26. The Hall–Kier alpha value is -2.21. The van der Waals surface area contributed by atoms with Gasteiger partial charge < -0.3 is 10.2 Å². The summed E-state index contributed by atoms with van der Waals surface area (Å²) in [5.74, 6) is -0.218. The zero-order valence-electron chi connectivity index (χ0n) is 14.3. The number of nitrogens with one attached hydrogen (secondary N) is 1. The minimum absolute atomic E-state index is 0.0679. The Kier molecular flexibility index (Phi) is 6.49. The topological polar surface area (TPSA) is 62.3 Å². The number of amides is 2. The number of carbonyl (C=O) groups is 2. The first-order valence-corrected chi connectivity index (χ1v) is 8.94. The van der Waals surface area contributed by atoms with E-state index in [1.165, 1.54) is 11.3 Å². The van der Waals surface area contributed by atoms with Crippen LogP contribution in [0.1, 0.15) is 26.5 Å². The molecule has 128 valence electrons. The molecule has 0 spiro atoms. The van der Waals surface area contributed by atoms with E-state index in [4.69, 9.17) is 0 Å². The van der Waals surface area contributed by atoms with E-state index in [2.05, 4.69) is 10.3 Å². The Balaban J connectivity index is 1.98. The number of rotatable bonds is 7. The van der Waals surface area contributed by atoms with Crippen LogP contribution < -0.4 is 5.32 Å². The number of thiazole rings is 1. The second-order valence-electron chi connectivity index (χ2n) is 5.82. The van der Waals surface area contributed by atoms with E-state index >= 15 is 0 Å². The standard InChI is InChI=1S/C18H23N3O2S/c1-4-21(11-16(22)19-13(2)3)17(23)10-15-12-24-18(20-15)14-8-6-5-7-9-14/h5-9,12-13H,4,10-11H2,1-3H3,(H,19,22). The van der Waals surface area contributed by atoms with Crippen LogP contribution in [0.15, 0.2) is 35.7 Å². The van der Waals surface area contributed by atoms with Gasteiger partial charge in [-0.15, -0.1) is 11.3 Å². The van der Waals surface area contributed by atoms with Crippen LogP contribution in [0, 0.1) is 0 Å². The van der Waals surface area contributed by atoms with Crippen molar-refractivity contribution in [2.24, 2.45) is 0 Å². The van der Waals surface area contributed by atoms with E-state index in [9.17, 15) is 9.59 Å². The molecule has 2 aromatic rings. The summed E-state index contributed by atoms with van der Waals surface area (Å²) in [6.07, 6.45) is 0.214. The van der Waals surface area contributed by atoms with E-state index in [1.54, 1.807) is 4.90 Å². The first-order chi connectivity index (χ1) is 11.5. The van der Waals surface area contributed by atoms with Crippen LogP contribution in [0.25, 0.3) is 10.6 Å². The Morgan fingerprint density at radius 2 is 1.96 bits per heavy atom. The predicted octanol–water partition coefficient (Wildman–Crippen LogP) is 2.73. The molecule has 1 aromatic heterocycles. The van der Waals surface area contributed by atoms with E-state index in [0.717, 1.165) is 16.3 Å². The van der Waals surface area contributed by atoms with E-state index in [0.29, 0.717) is 6.54 Å². The van der Waals surface area contributed by atoms with Crippen molar-refractivity contribution in [1.82, 2.24) is 15.2 Å². The number of nitrogens with zero attached hydrogens (tertiary/aromatic N) is 2. The third-order valence-electron chi connectivity index (χ3n) is 3.42. The van der Waals surface area contributed by atoms with E-state index in [1.807, 2.05) is 56.5 Å². The van der Waals surface area contributed by atoms with Gasteiger partial charge in [-0.1, -0.05) is 30.3 Å². The van der Waals surface area contributed by atoms with Crippen LogP contribution in [0.5, 0.6) is 0 Å². The molecule has 0 atom stereocenters. The summed E-state index contributed by atoms with van der Waals surface area (Å²) in [6, 6.07) is 9.96. The maximum absolute atomic E-state index is 12.4. The van der Waals surface area contributed by atoms with Gasteiger partial charge in [-0.2, -0.15) is 0 Å². The van der Waals surface area contributed by atoms with Crippen molar-refractivity contribution in [3.8, 4) is 10.6 Å². The molecule has 1 aromatic carbocycles. The van der Waals surface area contributed by atoms with Crippen LogP contribution in [-0.4, -0.2) is 40.8 Å². The summed E-state index contributed by atoms with van der Waals surface area (Å²) < 4.78 is 0. The number of aromatic nitrogens is 1. The van der Waals surface area contributed by atoms with Crippen molar-refractivity contribution in [2.45, 2.75) is 33.2 Å². The molecule has 0 fully saturated rings. The summed E-state index contributed by atoms with van der Waals surface area (Å²) in [5.41, 5.74) is 1.79. The van der Waals surface area contributed by atoms with Gasteiger partial charge in [0.1, 0.15) is 5.01 Å². The third-order valence-corrected chi connectivity index (χ3v) is 4.36. The molecule has 6 heteroatoms. The zero-order valence-corrected chi connectivity index (χ0v) is 15.1. The minimum Gasteiger partial charge on any atom is -0.352 e. The Labute approximate surface area is 146 Å². The second kappa shape index (κ2) is 8.59. The monoisotopic (exact) mass is 345 g/mol. The lowest BCUT2D eigenvalue weighted by Gasteiger charge is -2.20. The van der Waals surface area contributed by atoms with Gasteiger partial charge in [0.2, 0.25) is 11.8 Å². The first kappa shape index (κ1) is 18.1. The molecule has 0 saturated heterocycles. The highest BCUT2D eigenvalue weighted by Crippen LogP contribution is 2.23. The minimum atomic E-state index is -0.136. The van der Waals surface area contributed by atoms with Crippen molar-refractivity contribution in [1.29, 1.82) is 0 Å². The van der Waals surface area contributed by atoms with Crippen LogP contribution in [-0.2, 0) is 16.0 Å². The highest BCUT2D eigenvalue weighted by Gasteiger charge is 2.17. The fourth-order valence-corrected chi connectivity index (χ4v) is 3.11. The molecule has 0 aliphatic heterocycles. The lowest BCUT2D eigenvalue weighted by molar-refractivity contribution is -0.135. The van der Waals surface area contributed by atoms with Gasteiger partial charge in [0, 0.05) is 23.5 Å². The summed E-state index contributed by atoms with van der Waals surface area (Å²) in [5, 5.41) is 5.61. The largest absolute Gasteiger partial charge is 0.352 e. The maximum atomic E-state index is 12.4. The molecule has 1 heterocycles. The molecule has 0 bridgehead atoms. The summed E-state index contributed by atoms with van der Waals surface area (Å²) in [7, 11) is 0. The fraction of sp³-hybridized carbons (Fsp3) is 0.389. The molecule has 0 unspecified atom stereocenters. The third kappa shape index (κ3) is 5.16. The van der Waals surface area contributed by atoms with Gasteiger partial charge in [0.15, 0.2) is 0 Å². The number of hydrogen-bond donors (Lipinski definition) is 1. The van der Waals surface area contributed by atoms with Crippen LogP contribution in [0.3, 0.4) is 0 Å². The molecule has 2 amide bonds. The van der Waals surface area contributed by atoms with Gasteiger partial charge in [0.05, 0.1) is 18.7 Å². The molecule has 24 heavy (non-hydrogen) atoms. The van der Waals surface area contributed by atoms with Crippen molar-refractivity contribution < 1.29 is 9.59 Å². The molecule has 1 N–H and O–H groups in total. The van der Waals surface area contributed by atoms with Crippen molar-refractivity contribution in [3.05, 3.63) is 41.4 Å². The maximum Gasteiger partial charge on any atom is 0.239 e. The average molecular weight is 345 g/mol. The lowest BCUT2D eigenvalue weighted by Crippen LogP contribution is -2.43. The van der Waals surface area contributed by atoms with Crippen molar-refractivity contribution >= 4 is 23.2 Å². The van der Waals surface area contributed by atoms with Crippen LogP contribution in [0.2, 0.25) is 0 Å². The Morgan fingerprint density at radius 3 is 2.58 bits per heavy atom. The SMILES string of the molecule is CCN(CC(=O)NC(C)C)C(=O)Cc1csc(-c2ccccc2)n1. The van der Waals surface area contributed by atoms with Gasteiger partial charge in [-0.3, -0.25) is 9.59 Å². The van der Waals surface area contributed by atoms with Gasteiger partial charge >= 0.3 is 0 Å². The molecular weight excluding hydrogens is 322 g/mol. The smallest absolute Gasteiger partial charge is 0.239 e.